The quantitative estimate of drug-likeness (QED) is 0.467. The Balaban J connectivity index is 1.57. The van der Waals surface area contributed by atoms with Gasteiger partial charge in [0.25, 0.3) is 0 Å². The van der Waals surface area contributed by atoms with Gasteiger partial charge in [-0.05, 0) is 47.5 Å². The second-order valence-electron chi connectivity index (χ2n) is 7.55. The Morgan fingerprint density at radius 1 is 1.21 bits per heavy atom. The number of phenols is 1. The van der Waals surface area contributed by atoms with Crippen LogP contribution in [0.4, 0.5) is 0 Å². The fourth-order valence-corrected chi connectivity index (χ4v) is 3.97. The van der Waals surface area contributed by atoms with Gasteiger partial charge in [0.1, 0.15) is 11.5 Å². The van der Waals surface area contributed by atoms with E-state index in [2.05, 4.69) is 4.98 Å². The molecule has 0 radical (unpaired) electrons. The lowest BCUT2D eigenvalue weighted by molar-refractivity contribution is -0.140. The van der Waals surface area contributed by atoms with Gasteiger partial charge in [0, 0.05) is 23.9 Å². The van der Waals surface area contributed by atoms with Crippen LogP contribution in [-0.2, 0) is 9.53 Å². The van der Waals surface area contributed by atoms with Crippen LogP contribution in [0.1, 0.15) is 39.4 Å². The summed E-state index contributed by atoms with van der Waals surface area (Å²) in [6.07, 6.45) is 4.75. The van der Waals surface area contributed by atoms with Gasteiger partial charge in [-0.15, -0.1) is 0 Å². The van der Waals surface area contributed by atoms with E-state index in [0.29, 0.717) is 33.8 Å². The number of carbonyl (C=O) groups excluding carboxylic acids is 2. The normalized spacial score (nSPS) is 15.8. The Morgan fingerprint density at radius 3 is 2.85 bits per heavy atom. The third-order valence-corrected chi connectivity index (χ3v) is 5.58. The summed E-state index contributed by atoms with van der Waals surface area (Å²) in [5, 5.41) is 10.7. The van der Waals surface area contributed by atoms with Crippen LogP contribution in [0.2, 0.25) is 0 Å². The van der Waals surface area contributed by atoms with Crippen LogP contribution >= 0.6 is 0 Å². The first-order valence-electron chi connectivity index (χ1n) is 10.2. The molecule has 2 aliphatic heterocycles. The molecule has 166 valence electrons. The average Bonchev–Trinajstić information content (AvgIpc) is 3.42. The minimum absolute atomic E-state index is 0.0645. The maximum Gasteiger partial charge on any atom is 0.306 e. The Morgan fingerprint density at radius 2 is 2.06 bits per heavy atom. The highest BCUT2D eigenvalue weighted by Crippen LogP contribution is 2.46. The van der Waals surface area contributed by atoms with Crippen molar-refractivity contribution in [3.05, 3.63) is 82.9 Å². The van der Waals surface area contributed by atoms with Crippen molar-refractivity contribution >= 4 is 17.8 Å². The molecule has 2 aliphatic rings. The molecule has 0 bridgehead atoms. The number of ether oxygens (including phenoxy) is 4. The summed E-state index contributed by atoms with van der Waals surface area (Å²) in [5.41, 5.74) is 2.00. The lowest BCUT2D eigenvalue weighted by atomic mass is 9.87. The van der Waals surface area contributed by atoms with Gasteiger partial charge >= 0.3 is 5.97 Å². The van der Waals surface area contributed by atoms with Crippen molar-refractivity contribution in [2.24, 2.45) is 0 Å². The number of hydrogen-bond acceptors (Lipinski definition) is 8. The van der Waals surface area contributed by atoms with Crippen LogP contribution < -0.4 is 14.2 Å². The number of benzene rings is 2. The van der Waals surface area contributed by atoms with Crippen molar-refractivity contribution in [3.8, 4) is 23.0 Å². The third-order valence-electron chi connectivity index (χ3n) is 5.58. The minimum atomic E-state index is -0.626. The molecule has 0 amide bonds. The molecule has 0 saturated heterocycles. The maximum atomic E-state index is 13.1. The molecule has 0 unspecified atom stereocenters. The van der Waals surface area contributed by atoms with E-state index in [1.54, 1.807) is 48.8 Å². The summed E-state index contributed by atoms with van der Waals surface area (Å²) in [6, 6.07) is 11.8. The van der Waals surface area contributed by atoms with Crippen LogP contribution in [0.25, 0.3) is 6.08 Å². The number of phenolic OH excluding ortho intramolecular Hbond substituents is 1. The number of aromatic nitrogens is 1. The molecule has 8 heteroatoms. The molecule has 8 nitrogen and oxygen atoms in total. The van der Waals surface area contributed by atoms with Gasteiger partial charge in [-0.25, -0.2) is 0 Å². The number of methoxy groups -OCH3 is 1. The third kappa shape index (κ3) is 3.76. The molecule has 0 saturated carbocycles. The van der Waals surface area contributed by atoms with Gasteiger partial charge in [0.15, 0.2) is 17.3 Å². The number of nitrogens with zero attached hydrogens (tertiary/aromatic N) is 1. The topological polar surface area (TPSA) is 104 Å². The lowest BCUT2D eigenvalue weighted by Crippen LogP contribution is -2.11. The average molecular weight is 445 g/mol. The van der Waals surface area contributed by atoms with Gasteiger partial charge < -0.3 is 24.1 Å². The Hall–Kier alpha value is -4.33. The van der Waals surface area contributed by atoms with E-state index in [1.807, 2.05) is 0 Å². The molecule has 3 aromatic rings. The number of aromatic hydroxyl groups is 1. The summed E-state index contributed by atoms with van der Waals surface area (Å²) >= 11 is 0. The number of Topliss-reactive ketones (excluding diaryl/α,β-unsaturated/α-hetero) is 1. The zero-order valence-corrected chi connectivity index (χ0v) is 17.6. The summed E-state index contributed by atoms with van der Waals surface area (Å²) in [6.45, 7) is 0.148. The SMILES string of the molecule is COC(=O)C[C@H](c1cccnc1)c1c(O)ccc2c1O/C(=C\c1ccc3c(c1)OCO3)C2=O. The first-order valence-corrected chi connectivity index (χ1v) is 10.2. The van der Waals surface area contributed by atoms with Crippen LogP contribution in [0.5, 0.6) is 23.0 Å². The Kier molecular flexibility index (Phi) is 5.18. The second kappa shape index (κ2) is 8.31. The summed E-state index contributed by atoms with van der Waals surface area (Å²) < 4.78 is 21.6. The summed E-state index contributed by atoms with van der Waals surface area (Å²) in [4.78, 5) is 29.4. The van der Waals surface area contributed by atoms with Crippen molar-refractivity contribution in [3.63, 3.8) is 0 Å². The zero-order chi connectivity index (χ0) is 22.9. The van der Waals surface area contributed by atoms with E-state index in [4.69, 9.17) is 18.9 Å². The lowest BCUT2D eigenvalue weighted by Gasteiger charge is -2.20. The van der Waals surface area contributed by atoms with E-state index in [9.17, 15) is 14.7 Å². The predicted octanol–water partition coefficient (Wildman–Crippen LogP) is 3.83. The molecule has 33 heavy (non-hydrogen) atoms. The highest BCUT2D eigenvalue weighted by Gasteiger charge is 2.35. The molecule has 1 N–H and O–H groups in total. The number of allylic oxidation sites excluding steroid dienone is 1. The highest BCUT2D eigenvalue weighted by atomic mass is 16.7. The van der Waals surface area contributed by atoms with E-state index >= 15 is 0 Å². The summed E-state index contributed by atoms with van der Waals surface area (Å²) in [7, 11) is 1.30. The number of hydrogen-bond donors (Lipinski definition) is 1. The van der Waals surface area contributed by atoms with Crippen LogP contribution in [0.15, 0.2) is 60.6 Å². The van der Waals surface area contributed by atoms with Gasteiger partial charge in [0.2, 0.25) is 12.6 Å². The number of ketones is 1. The smallest absolute Gasteiger partial charge is 0.306 e. The van der Waals surface area contributed by atoms with Crippen LogP contribution in [0, 0.1) is 0 Å². The maximum absolute atomic E-state index is 13.1. The Labute approximate surface area is 189 Å². The minimum Gasteiger partial charge on any atom is -0.508 e. The number of fused-ring (bicyclic) bond motifs is 2. The molecule has 0 aliphatic carbocycles. The van der Waals surface area contributed by atoms with Crippen molar-refractivity contribution in [2.75, 3.05) is 13.9 Å². The van der Waals surface area contributed by atoms with Gasteiger partial charge in [-0.2, -0.15) is 0 Å². The fraction of sp³-hybridized carbons (Fsp3) is 0.160. The highest BCUT2D eigenvalue weighted by molar-refractivity contribution is 6.15. The monoisotopic (exact) mass is 445 g/mol. The van der Waals surface area contributed by atoms with Crippen LogP contribution in [0.3, 0.4) is 0 Å². The van der Waals surface area contributed by atoms with E-state index < -0.39 is 11.9 Å². The summed E-state index contributed by atoms with van der Waals surface area (Å²) in [5.74, 6) is 0.00734. The van der Waals surface area contributed by atoms with Gasteiger partial charge in [-0.3, -0.25) is 14.6 Å². The molecule has 1 aromatic heterocycles. The first kappa shape index (κ1) is 20.6. The molecular weight excluding hydrogens is 426 g/mol. The molecule has 2 aromatic carbocycles. The van der Waals surface area contributed by atoms with Crippen molar-refractivity contribution in [1.82, 2.24) is 4.98 Å². The van der Waals surface area contributed by atoms with Gasteiger partial charge in [0.05, 0.1) is 19.1 Å². The van der Waals surface area contributed by atoms with Gasteiger partial charge in [-0.1, -0.05) is 12.1 Å². The largest absolute Gasteiger partial charge is 0.508 e. The van der Waals surface area contributed by atoms with E-state index in [0.717, 1.165) is 0 Å². The van der Waals surface area contributed by atoms with Crippen LogP contribution in [-0.4, -0.2) is 35.7 Å². The number of esters is 1. The standard InChI is InChI=1S/C25H19NO7/c1-30-22(28)11-17(15-3-2-8-26-12-15)23-18(27)6-5-16-24(29)21(33-25(16)23)10-14-4-7-19-20(9-14)32-13-31-19/h2-10,12,17,27H,11,13H2,1H3/b21-10-/t17-/m1/s1. The second-order valence-corrected chi connectivity index (χ2v) is 7.55. The molecule has 3 heterocycles. The predicted molar refractivity (Wildman–Crippen MR) is 116 cm³/mol. The molecular formula is C25H19NO7. The number of carbonyl (C=O) groups is 2. The number of pyridine rings is 1. The fourth-order valence-electron chi connectivity index (χ4n) is 3.97. The van der Waals surface area contributed by atoms with Crippen molar-refractivity contribution in [1.29, 1.82) is 0 Å². The van der Waals surface area contributed by atoms with Crippen molar-refractivity contribution in [2.45, 2.75) is 12.3 Å². The molecule has 0 fully saturated rings. The number of rotatable bonds is 5. The van der Waals surface area contributed by atoms with Crippen molar-refractivity contribution < 1.29 is 33.6 Å². The molecule has 5 rings (SSSR count). The first-order chi connectivity index (χ1) is 16.0. The van der Waals surface area contributed by atoms with E-state index in [-0.39, 0.29) is 36.3 Å². The Bertz CT molecular complexity index is 1280. The zero-order valence-electron chi connectivity index (χ0n) is 17.6. The molecule has 1 atom stereocenters. The molecule has 0 spiro atoms. The van der Waals surface area contributed by atoms with E-state index in [1.165, 1.54) is 19.2 Å².